The van der Waals surface area contributed by atoms with Gasteiger partial charge < -0.3 is 15.2 Å². The fraction of sp³-hybridized carbons (Fsp3) is 0.500. The van der Waals surface area contributed by atoms with Crippen LogP contribution in [0.25, 0.3) is 0 Å². The van der Waals surface area contributed by atoms with E-state index < -0.39 is 23.4 Å². The summed E-state index contributed by atoms with van der Waals surface area (Å²) in [7, 11) is 0. The molecular formula is C14H16F3NO3. The van der Waals surface area contributed by atoms with Crippen LogP contribution in [0.15, 0.2) is 18.2 Å². The number of aromatic hydroxyl groups is 1. The van der Waals surface area contributed by atoms with Gasteiger partial charge in [0, 0.05) is 18.7 Å². The number of carbonyl (C=O) groups is 1. The maximum atomic E-state index is 12.6. The summed E-state index contributed by atoms with van der Waals surface area (Å²) in [4.78, 5) is 11.9. The molecule has 0 spiro atoms. The zero-order valence-corrected chi connectivity index (χ0v) is 11.2. The number of ether oxygens (including phenoxy) is 1. The Kier molecular flexibility index (Phi) is 4.72. The maximum absolute atomic E-state index is 12.6. The summed E-state index contributed by atoms with van der Waals surface area (Å²) in [5.41, 5.74) is -1.26. The third-order valence-corrected chi connectivity index (χ3v) is 3.31. The molecule has 1 aliphatic heterocycles. The first kappa shape index (κ1) is 15.6. The predicted molar refractivity (Wildman–Crippen MR) is 69.0 cm³/mol. The van der Waals surface area contributed by atoms with Crippen molar-refractivity contribution in [3.05, 3.63) is 29.3 Å². The molecule has 0 saturated carbocycles. The Bertz CT molecular complexity index is 511. The molecule has 1 aromatic carbocycles. The first-order chi connectivity index (χ1) is 9.86. The number of amides is 1. The fourth-order valence-electron chi connectivity index (χ4n) is 2.21. The third kappa shape index (κ3) is 4.35. The van der Waals surface area contributed by atoms with Gasteiger partial charge in [-0.25, -0.2) is 0 Å². The van der Waals surface area contributed by atoms with Gasteiger partial charge in [-0.05, 0) is 37.0 Å². The number of phenolic OH excluding ortho intramolecular Hbond substituents is 1. The molecule has 0 radical (unpaired) electrons. The second-order valence-electron chi connectivity index (χ2n) is 5.06. The van der Waals surface area contributed by atoms with E-state index in [2.05, 4.69) is 5.32 Å². The van der Waals surface area contributed by atoms with Gasteiger partial charge in [0.15, 0.2) is 0 Å². The van der Waals surface area contributed by atoms with Gasteiger partial charge >= 0.3 is 6.18 Å². The van der Waals surface area contributed by atoms with Gasteiger partial charge in [-0.3, -0.25) is 4.79 Å². The van der Waals surface area contributed by atoms with E-state index in [1.54, 1.807) is 0 Å². The highest BCUT2D eigenvalue weighted by Gasteiger charge is 2.32. The number of rotatable bonds is 3. The van der Waals surface area contributed by atoms with Crippen molar-refractivity contribution in [3.63, 3.8) is 0 Å². The number of carbonyl (C=O) groups excluding carboxylic acids is 1. The molecule has 1 atom stereocenters. The number of hydrogen-bond acceptors (Lipinski definition) is 3. The van der Waals surface area contributed by atoms with E-state index in [0.29, 0.717) is 25.8 Å². The molecule has 1 aromatic rings. The van der Waals surface area contributed by atoms with Gasteiger partial charge in [0.1, 0.15) is 5.75 Å². The molecule has 7 heteroatoms. The van der Waals surface area contributed by atoms with Gasteiger partial charge in [0.05, 0.1) is 12.2 Å². The van der Waals surface area contributed by atoms with E-state index in [-0.39, 0.29) is 11.5 Å². The number of benzene rings is 1. The Morgan fingerprint density at radius 3 is 2.76 bits per heavy atom. The van der Waals surface area contributed by atoms with Crippen molar-refractivity contribution >= 4 is 5.91 Å². The minimum Gasteiger partial charge on any atom is -0.508 e. The van der Waals surface area contributed by atoms with Crippen LogP contribution in [-0.2, 0) is 10.9 Å². The van der Waals surface area contributed by atoms with Crippen molar-refractivity contribution in [2.24, 2.45) is 5.92 Å². The lowest BCUT2D eigenvalue weighted by molar-refractivity contribution is -0.137. The summed E-state index contributed by atoms with van der Waals surface area (Å²) in [6.07, 6.45) is -2.79. The topological polar surface area (TPSA) is 58.6 Å². The number of hydrogen-bond donors (Lipinski definition) is 2. The van der Waals surface area contributed by atoms with E-state index in [0.717, 1.165) is 25.0 Å². The number of halogens is 3. The van der Waals surface area contributed by atoms with Crippen molar-refractivity contribution < 1.29 is 27.8 Å². The smallest absolute Gasteiger partial charge is 0.416 e. The van der Waals surface area contributed by atoms with Crippen LogP contribution >= 0.6 is 0 Å². The lowest BCUT2D eigenvalue weighted by Crippen LogP contribution is -2.33. The van der Waals surface area contributed by atoms with Crippen molar-refractivity contribution in [2.45, 2.75) is 19.0 Å². The van der Waals surface area contributed by atoms with E-state index in [1.165, 1.54) is 0 Å². The Morgan fingerprint density at radius 2 is 2.14 bits per heavy atom. The average Bonchev–Trinajstić information content (AvgIpc) is 2.44. The molecule has 0 aromatic heterocycles. The number of phenols is 1. The first-order valence-corrected chi connectivity index (χ1v) is 6.63. The Hall–Kier alpha value is -1.76. The summed E-state index contributed by atoms with van der Waals surface area (Å²) in [5.74, 6) is -1.06. The highest BCUT2D eigenvalue weighted by molar-refractivity contribution is 5.94. The molecular weight excluding hydrogens is 287 g/mol. The standard InChI is InChI=1S/C14H16F3NO3/c15-14(16,17)11-4-10(5-12(19)6-11)13(20)18-7-9-2-1-3-21-8-9/h4-6,9,19H,1-3,7-8H2,(H,18,20)/t9-/m0/s1. The fourth-order valence-corrected chi connectivity index (χ4v) is 2.21. The highest BCUT2D eigenvalue weighted by atomic mass is 19.4. The SMILES string of the molecule is O=C(NC[C@@H]1CCCOC1)c1cc(O)cc(C(F)(F)F)c1. The second kappa shape index (κ2) is 6.34. The van der Waals surface area contributed by atoms with Gasteiger partial charge in [-0.2, -0.15) is 13.2 Å². The summed E-state index contributed by atoms with van der Waals surface area (Å²) < 4.78 is 43.1. The molecule has 1 heterocycles. The number of nitrogens with one attached hydrogen (secondary N) is 1. The molecule has 2 rings (SSSR count). The molecule has 0 bridgehead atoms. The molecule has 4 nitrogen and oxygen atoms in total. The van der Waals surface area contributed by atoms with Crippen molar-refractivity contribution in [1.29, 1.82) is 0 Å². The molecule has 1 amide bonds. The Labute approximate surface area is 119 Å². The Balaban J connectivity index is 2.03. The van der Waals surface area contributed by atoms with Crippen LogP contribution in [0.5, 0.6) is 5.75 Å². The molecule has 2 N–H and O–H groups in total. The monoisotopic (exact) mass is 303 g/mol. The summed E-state index contributed by atoms with van der Waals surface area (Å²) in [5, 5.41) is 11.9. The highest BCUT2D eigenvalue weighted by Crippen LogP contribution is 2.32. The average molecular weight is 303 g/mol. The van der Waals surface area contributed by atoms with Crippen molar-refractivity contribution in [3.8, 4) is 5.75 Å². The normalized spacial score (nSPS) is 19.3. The third-order valence-electron chi connectivity index (χ3n) is 3.31. The van der Waals surface area contributed by atoms with Gasteiger partial charge in [0.2, 0.25) is 0 Å². The van der Waals surface area contributed by atoms with Gasteiger partial charge in [0.25, 0.3) is 5.91 Å². The van der Waals surface area contributed by atoms with Crippen LogP contribution in [0.1, 0.15) is 28.8 Å². The molecule has 116 valence electrons. The molecule has 1 saturated heterocycles. The van der Waals surface area contributed by atoms with E-state index in [4.69, 9.17) is 4.74 Å². The summed E-state index contributed by atoms with van der Waals surface area (Å²) in [6.45, 7) is 1.58. The van der Waals surface area contributed by atoms with Crippen LogP contribution in [-0.4, -0.2) is 30.8 Å². The van der Waals surface area contributed by atoms with Gasteiger partial charge in [-0.1, -0.05) is 0 Å². The molecule has 21 heavy (non-hydrogen) atoms. The summed E-state index contributed by atoms with van der Waals surface area (Å²) >= 11 is 0. The minimum absolute atomic E-state index is 0.169. The zero-order chi connectivity index (χ0) is 15.5. The van der Waals surface area contributed by atoms with Crippen molar-refractivity contribution in [2.75, 3.05) is 19.8 Å². The van der Waals surface area contributed by atoms with Crippen LogP contribution < -0.4 is 5.32 Å². The summed E-state index contributed by atoms with van der Waals surface area (Å²) in [6, 6.07) is 2.33. The zero-order valence-electron chi connectivity index (χ0n) is 11.2. The van der Waals surface area contributed by atoms with Crippen LogP contribution in [0, 0.1) is 5.92 Å². The minimum atomic E-state index is -4.61. The van der Waals surface area contributed by atoms with E-state index in [9.17, 15) is 23.1 Å². The lowest BCUT2D eigenvalue weighted by Gasteiger charge is -2.22. The predicted octanol–water partition coefficient (Wildman–Crippen LogP) is 2.57. The largest absolute Gasteiger partial charge is 0.508 e. The molecule has 0 aliphatic carbocycles. The number of alkyl halides is 3. The quantitative estimate of drug-likeness (QED) is 0.902. The maximum Gasteiger partial charge on any atom is 0.416 e. The molecule has 1 fully saturated rings. The van der Waals surface area contributed by atoms with E-state index in [1.807, 2.05) is 0 Å². The lowest BCUT2D eigenvalue weighted by atomic mass is 10.0. The first-order valence-electron chi connectivity index (χ1n) is 6.63. The van der Waals surface area contributed by atoms with Crippen molar-refractivity contribution in [1.82, 2.24) is 5.32 Å². The molecule has 0 unspecified atom stereocenters. The molecule has 1 aliphatic rings. The van der Waals surface area contributed by atoms with Crippen LogP contribution in [0.3, 0.4) is 0 Å². The van der Waals surface area contributed by atoms with Crippen LogP contribution in [0.4, 0.5) is 13.2 Å². The Morgan fingerprint density at radius 1 is 1.38 bits per heavy atom. The van der Waals surface area contributed by atoms with E-state index >= 15 is 0 Å². The second-order valence-corrected chi connectivity index (χ2v) is 5.06. The van der Waals surface area contributed by atoms with Crippen LogP contribution in [0.2, 0.25) is 0 Å². The van der Waals surface area contributed by atoms with Gasteiger partial charge in [-0.15, -0.1) is 0 Å².